The zero-order valence-corrected chi connectivity index (χ0v) is 6.92. The van der Waals surface area contributed by atoms with Crippen LogP contribution in [0, 0.1) is 5.41 Å². The van der Waals surface area contributed by atoms with Crippen molar-refractivity contribution in [2.24, 2.45) is 5.41 Å². The fourth-order valence-corrected chi connectivity index (χ4v) is 2.13. The second kappa shape index (κ2) is 3.15. The van der Waals surface area contributed by atoms with Crippen LogP contribution in [0.1, 0.15) is 19.3 Å². The lowest BCUT2D eigenvalue weighted by atomic mass is 9.73. The van der Waals surface area contributed by atoms with E-state index in [1.54, 1.807) is 0 Å². The Hall–Kier alpha value is -0.0151. The van der Waals surface area contributed by atoms with Gasteiger partial charge in [0.2, 0.25) is 0 Å². The van der Waals surface area contributed by atoms with Crippen LogP contribution >= 0.6 is 0 Å². The summed E-state index contributed by atoms with van der Waals surface area (Å²) in [6.45, 7) is 4.09. The minimum Gasteiger partial charge on any atom is -0.396 e. The molecule has 61 valence electrons. The maximum Gasteiger partial charge on any atom is 0.0488 e. The van der Waals surface area contributed by atoms with E-state index in [1.165, 1.54) is 38.9 Å². The zero-order valence-electron chi connectivity index (χ0n) is 6.92. The van der Waals surface area contributed by atoms with Crippen LogP contribution in [0.3, 0.4) is 0 Å². The molecule has 3 radical (unpaired) electrons. The molecule has 3 heterocycles. The smallest absolute Gasteiger partial charge is 0.0488 e. The number of rotatable bonds is 1. The third kappa shape index (κ3) is 1.45. The van der Waals surface area contributed by atoms with Gasteiger partial charge in [0, 0.05) is 15.0 Å². The van der Waals surface area contributed by atoms with Crippen LogP contribution in [-0.4, -0.2) is 44.7 Å². The average molecular weight is 152 g/mol. The average Bonchev–Trinajstić information content (AvgIpc) is 2.08. The van der Waals surface area contributed by atoms with Crippen molar-refractivity contribution in [1.82, 2.24) is 4.90 Å². The van der Waals surface area contributed by atoms with Crippen molar-refractivity contribution < 1.29 is 5.11 Å². The molecule has 0 aromatic heterocycles. The van der Waals surface area contributed by atoms with Crippen LogP contribution in [0.15, 0.2) is 0 Å². The molecule has 0 amide bonds. The molecule has 0 aromatic rings. The van der Waals surface area contributed by atoms with E-state index >= 15 is 0 Å². The number of hydrogen-bond donors (Lipinski definition) is 1. The van der Waals surface area contributed by atoms with Gasteiger partial charge in [-0.3, -0.25) is 0 Å². The predicted molar refractivity (Wildman–Crippen MR) is 45.6 cm³/mol. The Balaban J connectivity index is 0.000000605. The molecule has 0 saturated carbocycles. The van der Waals surface area contributed by atoms with Crippen LogP contribution < -0.4 is 0 Å². The minimum atomic E-state index is 0. The number of aliphatic hydroxyl groups is 1. The third-order valence-electron chi connectivity index (χ3n) is 3.21. The Labute approximate surface area is 70.2 Å². The first-order valence-electron chi connectivity index (χ1n) is 4.18. The minimum absolute atomic E-state index is 0. The van der Waals surface area contributed by atoms with Crippen LogP contribution in [0.2, 0.25) is 0 Å². The molecule has 2 nitrogen and oxygen atoms in total. The first-order chi connectivity index (χ1) is 4.85. The van der Waals surface area contributed by atoms with E-state index in [2.05, 4.69) is 4.90 Å². The normalized spacial score (nSPS) is 41.7. The van der Waals surface area contributed by atoms with Gasteiger partial charge in [0.1, 0.15) is 0 Å². The molecule has 3 aliphatic heterocycles. The number of aliphatic hydroxyl groups excluding tert-OH is 1. The van der Waals surface area contributed by atoms with Crippen molar-refractivity contribution in [2.45, 2.75) is 19.3 Å². The summed E-state index contributed by atoms with van der Waals surface area (Å²) in [7, 11) is 0. The molecule has 11 heavy (non-hydrogen) atoms. The van der Waals surface area contributed by atoms with Crippen molar-refractivity contribution in [1.29, 1.82) is 0 Å². The molecule has 3 aliphatic rings. The van der Waals surface area contributed by atoms with Crippen molar-refractivity contribution >= 4 is 8.41 Å². The fraction of sp³-hybridized carbons (Fsp3) is 1.00. The Morgan fingerprint density at radius 1 is 1.09 bits per heavy atom. The summed E-state index contributed by atoms with van der Waals surface area (Å²) >= 11 is 0. The third-order valence-corrected chi connectivity index (χ3v) is 3.21. The Bertz CT molecular complexity index is 118. The van der Waals surface area contributed by atoms with E-state index in [1.807, 2.05) is 0 Å². The van der Waals surface area contributed by atoms with Gasteiger partial charge in [-0.1, -0.05) is 0 Å². The van der Waals surface area contributed by atoms with E-state index in [4.69, 9.17) is 5.11 Å². The highest BCUT2D eigenvalue weighted by atomic mass is 16.3. The lowest BCUT2D eigenvalue weighted by molar-refractivity contribution is -0.0152. The van der Waals surface area contributed by atoms with E-state index in [0.717, 1.165) is 0 Å². The van der Waals surface area contributed by atoms with E-state index in [-0.39, 0.29) is 8.41 Å². The Kier molecular flexibility index (Phi) is 2.60. The molecular weight excluding hydrogens is 137 g/mol. The van der Waals surface area contributed by atoms with Gasteiger partial charge in [-0.15, -0.1) is 0 Å². The summed E-state index contributed by atoms with van der Waals surface area (Å²) in [4.78, 5) is 2.50. The predicted octanol–water partition coefficient (Wildman–Crippen LogP) is 0.0838. The Morgan fingerprint density at radius 2 is 1.55 bits per heavy atom. The molecule has 3 heteroatoms. The van der Waals surface area contributed by atoms with Crippen molar-refractivity contribution in [3.63, 3.8) is 0 Å². The lowest BCUT2D eigenvalue weighted by Crippen LogP contribution is -2.49. The molecule has 0 spiro atoms. The van der Waals surface area contributed by atoms with Crippen LogP contribution in [0.4, 0.5) is 0 Å². The molecule has 0 aromatic carbocycles. The maximum atomic E-state index is 9.15. The quantitative estimate of drug-likeness (QED) is 0.538. The summed E-state index contributed by atoms with van der Waals surface area (Å²) in [6, 6.07) is 0. The zero-order chi connectivity index (χ0) is 7.03. The molecule has 3 saturated heterocycles. The number of nitrogens with zero attached hydrogens (tertiary/aromatic N) is 1. The SMILES string of the molecule is OCC12CCN(CC1)CC2.[B]. The molecule has 1 N–H and O–H groups in total. The summed E-state index contributed by atoms with van der Waals surface area (Å²) < 4.78 is 0. The van der Waals surface area contributed by atoms with Crippen molar-refractivity contribution in [2.75, 3.05) is 26.2 Å². The first kappa shape index (κ1) is 9.08. The van der Waals surface area contributed by atoms with Gasteiger partial charge in [0.15, 0.2) is 0 Å². The first-order valence-corrected chi connectivity index (χ1v) is 4.18. The Morgan fingerprint density at radius 3 is 1.82 bits per heavy atom. The van der Waals surface area contributed by atoms with Gasteiger partial charge in [0.25, 0.3) is 0 Å². The van der Waals surface area contributed by atoms with Crippen LogP contribution in [0.5, 0.6) is 0 Å². The summed E-state index contributed by atoms with van der Waals surface area (Å²) in [5.41, 5.74) is 0.342. The topological polar surface area (TPSA) is 23.5 Å². The molecule has 3 fully saturated rings. The van der Waals surface area contributed by atoms with Gasteiger partial charge in [-0.25, -0.2) is 0 Å². The molecule has 2 bridgehead atoms. The van der Waals surface area contributed by atoms with Crippen molar-refractivity contribution in [3.8, 4) is 0 Å². The van der Waals surface area contributed by atoms with Gasteiger partial charge < -0.3 is 10.0 Å². The molecule has 0 unspecified atom stereocenters. The largest absolute Gasteiger partial charge is 0.396 e. The van der Waals surface area contributed by atoms with E-state index in [0.29, 0.717) is 12.0 Å². The highest BCUT2D eigenvalue weighted by Crippen LogP contribution is 2.39. The molecule has 0 aliphatic carbocycles. The second-order valence-electron chi connectivity index (χ2n) is 3.75. The maximum absolute atomic E-state index is 9.15. The number of fused-ring (bicyclic) bond motifs is 3. The van der Waals surface area contributed by atoms with Crippen LogP contribution in [0.25, 0.3) is 0 Å². The van der Waals surface area contributed by atoms with Crippen molar-refractivity contribution in [3.05, 3.63) is 0 Å². The molecule has 0 atom stereocenters. The lowest BCUT2D eigenvalue weighted by Gasteiger charge is -2.47. The second-order valence-corrected chi connectivity index (χ2v) is 3.75. The highest BCUT2D eigenvalue weighted by molar-refractivity contribution is 5.75. The summed E-state index contributed by atoms with van der Waals surface area (Å²) in [5, 5.41) is 9.15. The summed E-state index contributed by atoms with van der Waals surface area (Å²) in [5.74, 6) is 0. The van der Waals surface area contributed by atoms with Gasteiger partial charge >= 0.3 is 0 Å². The number of hydrogen-bond acceptors (Lipinski definition) is 2. The molecule has 3 rings (SSSR count). The monoisotopic (exact) mass is 152 g/mol. The highest BCUT2D eigenvalue weighted by Gasteiger charge is 2.38. The summed E-state index contributed by atoms with van der Waals surface area (Å²) in [6.07, 6.45) is 3.68. The number of piperidine rings is 3. The fourth-order valence-electron chi connectivity index (χ4n) is 2.13. The molecular formula is C8H15BNO. The van der Waals surface area contributed by atoms with Gasteiger partial charge in [-0.05, 0) is 44.3 Å². The van der Waals surface area contributed by atoms with Gasteiger partial charge in [-0.2, -0.15) is 0 Å². The van der Waals surface area contributed by atoms with Crippen LogP contribution in [-0.2, 0) is 0 Å². The standard InChI is InChI=1S/C8H15NO.B/c10-7-8-1-4-9(5-2-8)6-3-8;/h10H,1-7H2;. The van der Waals surface area contributed by atoms with E-state index < -0.39 is 0 Å². The van der Waals surface area contributed by atoms with E-state index in [9.17, 15) is 0 Å². The van der Waals surface area contributed by atoms with Gasteiger partial charge in [0.05, 0.1) is 0 Å².